The number of alkyl halides is 4. The zero-order chi connectivity index (χ0) is 44.4. The van der Waals surface area contributed by atoms with Gasteiger partial charge >= 0.3 is 0 Å². The standard InChI is InChI=1S/C35H61Cl4N11O9/c36-19-28(52)42-14-5-1-9-23(47-30(54)21-38)32(56)44-16-7-3-12-26(35(59)49-24(10-4-8-17-46-41)33(57)45-18-13-27(40)51)50-34(58)25(48-31(55)22-39)11-2-6-15-43-29(53)20-37/h23-26,46H,1-22,41H2,(H2,40,51)(H,42,52)(H,43,53)(H,44,56)(H,45,57)(H,47,54)(H,48,55)(H,49,59)(H,50,58)/t23-,24-,25-,26-/m0/s1. The van der Waals surface area contributed by atoms with Gasteiger partial charge in [0.1, 0.15) is 47.7 Å². The quantitative estimate of drug-likeness (QED) is 0.0148. The second-order valence-corrected chi connectivity index (χ2v) is 14.4. The molecule has 0 aliphatic rings. The van der Waals surface area contributed by atoms with Crippen molar-refractivity contribution in [1.82, 2.24) is 48.0 Å². The SMILES string of the molecule is NNCCCC[C@H](NC(=O)[C@H](CCCCNC(=O)[C@H](CCCCNC(=O)CCl)NC(=O)CCl)NC(=O)[C@H](CCCCNC(=O)CCl)NC(=O)CCl)C(=O)NCCC(N)=O. The van der Waals surface area contributed by atoms with Crippen LogP contribution in [0.1, 0.15) is 83.5 Å². The lowest BCUT2D eigenvalue weighted by Gasteiger charge is -2.25. The summed E-state index contributed by atoms with van der Waals surface area (Å²) >= 11 is 22.3. The minimum Gasteiger partial charge on any atom is -0.370 e. The van der Waals surface area contributed by atoms with Crippen LogP contribution in [0.3, 0.4) is 0 Å². The van der Waals surface area contributed by atoms with E-state index < -0.39 is 71.4 Å². The van der Waals surface area contributed by atoms with Crippen LogP contribution < -0.4 is 59.5 Å². The molecule has 0 rings (SSSR count). The Kier molecular flexibility index (Phi) is 32.9. The molecule has 0 aromatic heterocycles. The predicted molar refractivity (Wildman–Crippen MR) is 224 cm³/mol. The zero-order valence-corrected chi connectivity index (χ0v) is 36.2. The van der Waals surface area contributed by atoms with Crippen molar-refractivity contribution in [2.75, 3.05) is 56.2 Å². The second-order valence-electron chi connectivity index (χ2n) is 13.3. The molecule has 24 heteroatoms. The summed E-state index contributed by atoms with van der Waals surface area (Å²) in [5, 5.41) is 21.1. The predicted octanol–water partition coefficient (Wildman–Crippen LogP) is -1.63. The summed E-state index contributed by atoms with van der Waals surface area (Å²) in [6.07, 6.45) is 4.04. The number of rotatable bonds is 35. The molecule has 0 aliphatic heterocycles. The molecule has 4 atom stereocenters. The molecule has 0 spiro atoms. The summed E-state index contributed by atoms with van der Waals surface area (Å²) in [6, 6.07) is -4.27. The maximum Gasteiger partial charge on any atom is 0.243 e. The number of hydrogen-bond acceptors (Lipinski definition) is 11. The van der Waals surface area contributed by atoms with Gasteiger partial charge in [0.05, 0.1) is 0 Å². The highest BCUT2D eigenvalue weighted by molar-refractivity contribution is 6.28. The van der Waals surface area contributed by atoms with Crippen molar-refractivity contribution >= 4 is 99.6 Å². The lowest BCUT2D eigenvalue weighted by atomic mass is 10.0. The third-order valence-electron chi connectivity index (χ3n) is 8.49. The van der Waals surface area contributed by atoms with Crippen molar-refractivity contribution in [2.24, 2.45) is 11.6 Å². The van der Waals surface area contributed by atoms with Gasteiger partial charge in [0.2, 0.25) is 53.2 Å². The first-order chi connectivity index (χ1) is 28.2. The maximum absolute atomic E-state index is 13.8. The smallest absolute Gasteiger partial charge is 0.243 e. The number of hydrogen-bond donors (Lipinski definition) is 11. The number of nitrogens with two attached hydrogens (primary N) is 2. The molecule has 0 heterocycles. The van der Waals surface area contributed by atoms with Gasteiger partial charge in [-0.05, 0) is 77.0 Å². The molecule has 0 saturated carbocycles. The number of nitrogens with one attached hydrogen (secondary N) is 9. The lowest BCUT2D eigenvalue weighted by molar-refractivity contribution is -0.133. The van der Waals surface area contributed by atoms with Gasteiger partial charge < -0.3 is 48.3 Å². The molecule has 0 bridgehead atoms. The molecule has 0 aliphatic carbocycles. The van der Waals surface area contributed by atoms with Crippen LogP contribution in [0.15, 0.2) is 0 Å². The molecule has 338 valence electrons. The van der Waals surface area contributed by atoms with E-state index in [9.17, 15) is 43.2 Å². The van der Waals surface area contributed by atoms with E-state index in [1.807, 2.05) is 0 Å². The van der Waals surface area contributed by atoms with E-state index in [1.165, 1.54) is 0 Å². The molecule has 0 aromatic carbocycles. The topological polar surface area (TPSA) is 314 Å². The Morgan fingerprint density at radius 3 is 1.08 bits per heavy atom. The van der Waals surface area contributed by atoms with Gasteiger partial charge in [-0.15, -0.1) is 46.4 Å². The first-order valence-corrected chi connectivity index (χ1v) is 21.6. The Balaban J connectivity index is 5.93. The normalized spacial score (nSPS) is 12.8. The average molecular weight is 922 g/mol. The minimum atomic E-state index is -1.21. The Morgan fingerprint density at radius 1 is 0.390 bits per heavy atom. The minimum absolute atomic E-state index is 0.0433. The van der Waals surface area contributed by atoms with Crippen LogP contribution in [-0.4, -0.2) is 134 Å². The fourth-order valence-corrected chi connectivity index (χ4v) is 5.74. The van der Waals surface area contributed by atoms with E-state index in [2.05, 4.69) is 48.0 Å². The van der Waals surface area contributed by atoms with E-state index in [-0.39, 0.29) is 87.6 Å². The largest absolute Gasteiger partial charge is 0.370 e. The molecule has 0 saturated heterocycles. The van der Waals surface area contributed by atoms with Gasteiger partial charge in [0.15, 0.2) is 0 Å². The van der Waals surface area contributed by atoms with Crippen LogP contribution in [-0.2, 0) is 43.2 Å². The number of carbonyl (C=O) groups is 9. The van der Waals surface area contributed by atoms with Gasteiger partial charge in [0.25, 0.3) is 0 Å². The first kappa shape index (κ1) is 55.3. The van der Waals surface area contributed by atoms with E-state index in [0.717, 1.165) is 0 Å². The number of carbonyl (C=O) groups excluding carboxylic acids is 9. The van der Waals surface area contributed by atoms with Gasteiger partial charge in [-0.3, -0.25) is 54.4 Å². The number of amides is 9. The summed E-state index contributed by atoms with van der Waals surface area (Å²) in [7, 11) is 0. The van der Waals surface area contributed by atoms with Gasteiger partial charge in [-0.25, -0.2) is 0 Å². The summed E-state index contributed by atoms with van der Waals surface area (Å²) in [6.45, 7) is 1.15. The number of unbranched alkanes of at least 4 members (excludes halogenated alkanes) is 4. The molecule has 20 nitrogen and oxygen atoms in total. The van der Waals surface area contributed by atoms with Gasteiger partial charge in [-0.2, -0.15) is 0 Å². The summed E-state index contributed by atoms with van der Waals surface area (Å²) in [4.78, 5) is 112. The van der Waals surface area contributed by atoms with E-state index in [4.69, 9.17) is 58.0 Å². The van der Waals surface area contributed by atoms with Crippen molar-refractivity contribution in [2.45, 2.75) is 108 Å². The van der Waals surface area contributed by atoms with Gasteiger partial charge in [0, 0.05) is 39.1 Å². The Hall–Kier alpha value is -3.69. The van der Waals surface area contributed by atoms with Crippen molar-refractivity contribution in [1.29, 1.82) is 0 Å². The summed E-state index contributed by atoms with van der Waals surface area (Å²) in [5.74, 6) is -0.724. The average Bonchev–Trinajstić information content (AvgIpc) is 3.21. The lowest BCUT2D eigenvalue weighted by Crippen LogP contribution is -2.57. The van der Waals surface area contributed by atoms with Crippen LogP contribution in [0.5, 0.6) is 0 Å². The van der Waals surface area contributed by atoms with Crippen molar-refractivity contribution in [3.8, 4) is 0 Å². The highest BCUT2D eigenvalue weighted by Gasteiger charge is 2.29. The highest BCUT2D eigenvalue weighted by Crippen LogP contribution is 2.09. The third kappa shape index (κ3) is 28.4. The number of hydrazine groups is 1. The molecule has 0 aromatic rings. The Bertz CT molecular complexity index is 1340. The molecular formula is C35H61Cl4N11O9. The fraction of sp³-hybridized carbons (Fsp3) is 0.743. The summed E-state index contributed by atoms with van der Waals surface area (Å²) in [5.41, 5.74) is 7.71. The summed E-state index contributed by atoms with van der Waals surface area (Å²) < 4.78 is 0. The Morgan fingerprint density at radius 2 is 0.712 bits per heavy atom. The molecule has 13 N–H and O–H groups in total. The molecular weight excluding hydrogens is 860 g/mol. The van der Waals surface area contributed by atoms with Crippen LogP contribution in [0.4, 0.5) is 0 Å². The van der Waals surface area contributed by atoms with Crippen LogP contribution in [0.25, 0.3) is 0 Å². The van der Waals surface area contributed by atoms with Crippen molar-refractivity contribution in [3.63, 3.8) is 0 Å². The van der Waals surface area contributed by atoms with Crippen LogP contribution >= 0.6 is 46.4 Å². The van der Waals surface area contributed by atoms with Gasteiger partial charge in [-0.1, -0.05) is 0 Å². The highest BCUT2D eigenvalue weighted by atomic mass is 35.5. The maximum atomic E-state index is 13.8. The van der Waals surface area contributed by atoms with E-state index >= 15 is 0 Å². The van der Waals surface area contributed by atoms with E-state index in [1.54, 1.807) is 0 Å². The van der Waals surface area contributed by atoms with E-state index in [0.29, 0.717) is 58.0 Å². The molecule has 59 heavy (non-hydrogen) atoms. The Labute approximate surface area is 364 Å². The molecule has 0 fully saturated rings. The third-order valence-corrected chi connectivity index (χ3v) is 9.46. The van der Waals surface area contributed by atoms with Crippen molar-refractivity contribution in [3.05, 3.63) is 0 Å². The first-order valence-electron chi connectivity index (χ1n) is 19.5. The van der Waals surface area contributed by atoms with Crippen LogP contribution in [0, 0.1) is 0 Å². The van der Waals surface area contributed by atoms with Crippen molar-refractivity contribution < 1.29 is 43.2 Å². The molecule has 0 unspecified atom stereocenters. The molecule has 0 radical (unpaired) electrons. The number of primary amides is 1. The molecule has 9 amide bonds. The van der Waals surface area contributed by atoms with Crippen LogP contribution in [0.2, 0.25) is 0 Å². The second kappa shape index (κ2) is 35.1. The zero-order valence-electron chi connectivity index (χ0n) is 33.2. The fourth-order valence-electron chi connectivity index (χ4n) is 5.40. The monoisotopic (exact) mass is 919 g/mol. The number of halogens is 4.